The average Bonchev–Trinajstić information content (AvgIpc) is 2.15. The number of hydrogen-bond acceptors (Lipinski definition) is 3. The lowest BCUT2D eigenvalue weighted by Crippen LogP contribution is -1.82. The Morgan fingerprint density at radius 1 is 1.17 bits per heavy atom. The Hall–Kier alpha value is -0.710. The fourth-order valence-corrected chi connectivity index (χ4v) is 1.74. The van der Waals surface area contributed by atoms with Crippen molar-refractivity contribution in [1.82, 2.24) is 0 Å². The van der Waals surface area contributed by atoms with E-state index in [2.05, 4.69) is 0 Å². The monoisotopic (exact) mass is 199 g/mol. The van der Waals surface area contributed by atoms with E-state index < -0.39 is 11.1 Å². The lowest BCUT2D eigenvalue weighted by Gasteiger charge is -1.99. The minimum Gasteiger partial charge on any atom is -0.768 e. The molecule has 0 N–H and O–H groups in total. The molecule has 1 atom stereocenters. The molecule has 0 spiro atoms. The van der Waals surface area contributed by atoms with Crippen molar-refractivity contribution < 1.29 is 8.76 Å². The van der Waals surface area contributed by atoms with Crippen LogP contribution >= 0.6 is 11.3 Å². The predicted octanol–water partition coefficient (Wildman–Crippen LogP) is 2.11. The fourth-order valence-electron chi connectivity index (χ4n) is 0.612. The molecule has 0 aliphatic rings. The molecule has 1 unspecified atom stereocenters. The molecule has 0 fully saturated rings. The summed E-state index contributed by atoms with van der Waals surface area (Å²) in [5, 5.41) is 1.73. The third kappa shape index (κ3) is 3.13. The van der Waals surface area contributed by atoms with E-state index in [4.69, 9.17) is 0 Å². The Kier molecular flexibility index (Phi) is 3.93. The summed E-state index contributed by atoms with van der Waals surface area (Å²) in [7, 11) is 0. The van der Waals surface area contributed by atoms with Gasteiger partial charge in [-0.05, 0) is 22.5 Å². The van der Waals surface area contributed by atoms with Crippen molar-refractivity contribution in [2.75, 3.05) is 0 Å². The zero-order valence-corrected chi connectivity index (χ0v) is 7.81. The average molecular weight is 199 g/mol. The van der Waals surface area contributed by atoms with Crippen LogP contribution in [0.3, 0.4) is 0 Å². The smallest absolute Gasteiger partial charge is 0.0771 e. The van der Waals surface area contributed by atoms with E-state index in [0.717, 1.165) is 0 Å². The molecule has 0 radical (unpaired) electrons. The minimum absolute atomic E-state index is 0.325. The lowest BCUT2D eigenvalue weighted by molar-refractivity contribution is 0.539. The zero-order chi connectivity index (χ0) is 8.81. The van der Waals surface area contributed by atoms with Crippen LogP contribution in [0.25, 0.3) is 0 Å². The van der Waals surface area contributed by atoms with Crippen LogP contribution < -0.4 is 0 Å². The third-order valence-electron chi connectivity index (χ3n) is 1.10. The second-order valence-electron chi connectivity index (χ2n) is 1.94. The van der Waals surface area contributed by atoms with Crippen LogP contribution in [0.2, 0.25) is 0 Å². The fraction of sp³-hybridized carbons (Fsp3) is 0. The first-order valence-corrected chi connectivity index (χ1v) is 5.22. The van der Waals surface area contributed by atoms with Gasteiger partial charge in [-0.2, -0.15) is 0 Å². The summed E-state index contributed by atoms with van der Waals surface area (Å²) in [6, 6.07) is 10.5. The standard InChI is InChI=1S/C8H8O2S2/c9-12(10)8-6-4-2-1-3-5-7-11-8/h1-7H,(H,9,10)/p-1. The van der Waals surface area contributed by atoms with Crippen molar-refractivity contribution in [2.45, 2.75) is 4.21 Å². The molecule has 0 aliphatic heterocycles. The van der Waals surface area contributed by atoms with Gasteiger partial charge in [-0.3, -0.25) is 4.21 Å². The van der Waals surface area contributed by atoms with Gasteiger partial charge < -0.3 is 4.55 Å². The van der Waals surface area contributed by atoms with Crippen LogP contribution in [-0.2, 0) is 11.1 Å². The molecule has 0 saturated heterocycles. The molecule has 2 nitrogen and oxygen atoms in total. The molecule has 12 heavy (non-hydrogen) atoms. The Bertz CT molecular complexity index is 294. The largest absolute Gasteiger partial charge is 0.768 e. The molecule has 0 aliphatic carbocycles. The molecule has 0 amide bonds. The van der Waals surface area contributed by atoms with Crippen LogP contribution in [0.4, 0.5) is 0 Å². The maximum atomic E-state index is 10.6. The van der Waals surface area contributed by atoms with Gasteiger partial charge in [-0.25, -0.2) is 0 Å². The summed E-state index contributed by atoms with van der Waals surface area (Å²) in [6.45, 7) is 0. The van der Waals surface area contributed by atoms with Crippen LogP contribution in [-0.4, -0.2) is 8.76 Å². The van der Waals surface area contributed by atoms with E-state index in [1.54, 1.807) is 29.6 Å². The first-order chi connectivity index (χ1) is 5.80. The lowest BCUT2D eigenvalue weighted by atomic mass is 10.5. The van der Waals surface area contributed by atoms with E-state index in [9.17, 15) is 8.76 Å². The Balaban J connectivity index is 3.19. The van der Waals surface area contributed by atoms with Gasteiger partial charge in [0.15, 0.2) is 0 Å². The van der Waals surface area contributed by atoms with E-state index in [1.807, 2.05) is 12.1 Å². The van der Waals surface area contributed by atoms with E-state index in [0.29, 0.717) is 4.21 Å². The zero-order valence-electron chi connectivity index (χ0n) is 6.17. The number of hydrogen-bond donors (Lipinski definition) is 0. The first kappa shape index (κ1) is 9.38. The summed E-state index contributed by atoms with van der Waals surface area (Å²) in [5.74, 6) is 0. The molecule has 0 bridgehead atoms. The highest BCUT2D eigenvalue weighted by atomic mass is 32.2. The van der Waals surface area contributed by atoms with Gasteiger partial charge in [-0.15, -0.1) is 11.3 Å². The SMILES string of the molecule is O=S([O-])c1cccccccs1. The van der Waals surface area contributed by atoms with E-state index in [1.165, 1.54) is 11.3 Å². The van der Waals surface area contributed by atoms with Crippen LogP contribution in [0, 0.1) is 0 Å². The highest BCUT2D eigenvalue weighted by Gasteiger charge is 1.84. The number of rotatable bonds is 1. The summed E-state index contributed by atoms with van der Waals surface area (Å²) >= 11 is -0.951. The minimum atomic E-state index is -2.13. The normalized spacial score (nSPS) is 11.8. The molecule has 1 heterocycles. The summed E-state index contributed by atoms with van der Waals surface area (Å²) in [5.41, 5.74) is 0. The van der Waals surface area contributed by atoms with Crippen LogP contribution in [0.5, 0.6) is 0 Å². The van der Waals surface area contributed by atoms with Gasteiger partial charge in [0.1, 0.15) is 0 Å². The molecular formula is C8H7O2S2-. The van der Waals surface area contributed by atoms with E-state index >= 15 is 0 Å². The quantitative estimate of drug-likeness (QED) is 0.650. The van der Waals surface area contributed by atoms with Gasteiger partial charge in [0, 0.05) is 0 Å². The van der Waals surface area contributed by atoms with Crippen molar-refractivity contribution in [2.24, 2.45) is 0 Å². The second-order valence-corrected chi connectivity index (χ2v) is 4.05. The first-order valence-electron chi connectivity index (χ1n) is 3.27. The van der Waals surface area contributed by atoms with Crippen molar-refractivity contribution in [3.8, 4) is 0 Å². The van der Waals surface area contributed by atoms with Crippen LogP contribution in [0.1, 0.15) is 0 Å². The van der Waals surface area contributed by atoms with Crippen molar-refractivity contribution in [3.05, 3.63) is 41.8 Å². The molecule has 1 rings (SSSR count). The Morgan fingerprint density at radius 2 is 1.83 bits per heavy atom. The van der Waals surface area contributed by atoms with Gasteiger partial charge in [-0.1, -0.05) is 30.3 Å². The molecule has 64 valence electrons. The van der Waals surface area contributed by atoms with Gasteiger partial charge in [0.2, 0.25) is 0 Å². The topological polar surface area (TPSA) is 40.1 Å². The highest BCUT2D eigenvalue weighted by molar-refractivity contribution is 7.81. The maximum absolute atomic E-state index is 10.6. The maximum Gasteiger partial charge on any atom is 0.0771 e. The molecule has 1 aromatic rings. The third-order valence-corrected chi connectivity index (χ3v) is 2.93. The van der Waals surface area contributed by atoms with Crippen molar-refractivity contribution in [3.63, 3.8) is 0 Å². The van der Waals surface area contributed by atoms with Crippen molar-refractivity contribution >= 4 is 22.4 Å². The van der Waals surface area contributed by atoms with Crippen molar-refractivity contribution in [1.29, 1.82) is 0 Å². The summed E-state index contributed by atoms with van der Waals surface area (Å²) in [6.07, 6.45) is 0. The summed E-state index contributed by atoms with van der Waals surface area (Å²) < 4.78 is 21.4. The van der Waals surface area contributed by atoms with Gasteiger partial charge >= 0.3 is 0 Å². The Labute approximate surface area is 77.5 Å². The molecule has 0 saturated carbocycles. The van der Waals surface area contributed by atoms with E-state index in [-0.39, 0.29) is 0 Å². The Morgan fingerprint density at radius 3 is 2.58 bits per heavy atom. The summed E-state index contributed by atoms with van der Waals surface area (Å²) in [4.78, 5) is 0. The van der Waals surface area contributed by atoms with Crippen LogP contribution in [0.15, 0.2) is 46.0 Å². The molecular weight excluding hydrogens is 192 g/mol. The predicted molar refractivity (Wildman–Crippen MR) is 49.1 cm³/mol. The molecule has 1 aromatic heterocycles. The van der Waals surface area contributed by atoms with Gasteiger partial charge in [0.05, 0.1) is 4.21 Å². The highest BCUT2D eigenvalue weighted by Crippen LogP contribution is 2.06. The molecule has 0 aromatic carbocycles. The second kappa shape index (κ2) is 5.03. The molecule has 4 heteroatoms. The van der Waals surface area contributed by atoms with Gasteiger partial charge in [0.25, 0.3) is 0 Å².